The molecular formula is C15H20O2S. The Balaban J connectivity index is 3.10. The van der Waals surface area contributed by atoms with Crippen molar-refractivity contribution in [2.75, 3.05) is 0 Å². The van der Waals surface area contributed by atoms with Crippen molar-refractivity contribution in [2.24, 2.45) is 0 Å². The predicted molar refractivity (Wildman–Crippen MR) is 76.8 cm³/mol. The summed E-state index contributed by atoms with van der Waals surface area (Å²) in [4.78, 5) is 1.23. The van der Waals surface area contributed by atoms with Gasteiger partial charge in [0.15, 0.2) is 0 Å². The van der Waals surface area contributed by atoms with Crippen LogP contribution >= 0.6 is 0 Å². The van der Waals surface area contributed by atoms with E-state index in [1.165, 1.54) is 0 Å². The maximum atomic E-state index is 12.4. The Morgan fingerprint density at radius 3 is 2.44 bits per heavy atom. The lowest BCUT2D eigenvalue weighted by molar-refractivity contribution is 0.214. The van der Waals surface area contributed by atoms with Gasteiger partial charge in [-0.05, 0) is 38.5 Å². The maximum Gasteiger partial charge on any atom is 0.0874 e. The van der Waals surface area contributed by atoms with Crippen LogP contribution in [0.2, 0.25) is 0 Å². The van der Waals surface area contributed by atoms with E-state index < -0.39 is 16.9 Å². The molecule has 1 aromatic carbocycles. The molecule has 0 heterocycles. The highest BCUT2D eigenvalue weighted by Gasteiger charge is 2.17. The van der Waals surface area contributed by atoms with Crippen LogP contribution in [0.1, 0.15) is 25.8 Å². The van der Waals surface area contributed by atoms with Gasteiger partial charge in [-0.1, -0.05) is 36.8 Å². The molecule has 0 fully saturated rings. The largest absolute Gasteiger partial charge is 0.388 e. The van der Waals surface area contributed by atoms with Crippen LogP contribution in [0.4, 0.5) is 0 Å². The second-order valence-electron chi connectivity index (χ2n) is 4.40. The van der Waals surface area contributed by atoms with Crippen molar-refractivity contribution in [2.45, 2.75) is 38.2 Å². The fourth-order valence-electron chi connectivity index (χ4n) is 1.52. The fourth-order valence-corrected chi connectivity index (χ4v) is 2.89. The van der Waals surface area contributed by atoms with E-state index in [4.69, 9.17) is 0 Å². The molecule has 0 amide bonds. The van der Waals surface area contributed by atoms with E-state index in [9.17, 15) is 9.32 Å². The molecule has 98 valence electrons. The van der Waals surface area contributed by atoms with Gasteiger partial charge in [0.05, 0.1) is 16.9 Å². The molecule has 0 aliphatic carbocycles. The molecule has 2 atom stereocenters. The van der Waals surface area contributed by atoms with Crippen LogP contribution in [0.15, 0.2) is 52.3 Å². The zero-order valence-corrected chi connectivity index (χ0v) is 12.0. The second-order valence-corrected chi connectivity index (χ2v) is 5.88. The average Bonchev–Trinajstić information content (AvgIpc) is 2.35. The number of hydrogen-bond acceptors (Lipinski definition) is 2. The Kier molecular flexibility index (Phi) is 5.51. The first-order chi connectivity index (χ1) is 8.45. The van der Waals surface area contributed by atoms with E-state index in [1.807, 2.05) is 45.0 Å². The number of allylic oxidation sites excluding steroid dienone is 2. The predicted octanol–water partition coefficient (Wildman–Crippen LogP) is 3.33. The van der Waals surface area contributed by atoms with E-state index >= 15 is 0 Å². The van der Waals surface area contributed by atoms with Crippen molar-refractivity contribution in [3.8, 4) is 0 Å². The molecule has 0 saturated carbocycles. The molecule has 2 nitrogen and oxygen atoms in total. The molecule has 1 rings (SSSR count). The van der Waals surface area contributed by atoms with E-state index in [0.29, 0.717) is 16.2 Å². The molecule has 0 aromatic heterocycles. The average molecular weight is 264 g/mol. The van der Waals surface area contributed by atoms with E-state index in [-0.39, 0.29) is 0 Å². The summed E-state index contributed by atoms with van der Waals surface area (Å²) in [6.45, 7) is 9.46. The van der Waals surface area contributed by atoms with Crippen LogP contribution in [0.25, 0.3) is 0 Å². The highest BCUT2D eigenvalue weighted by atomic mass is 32.2. The molecule has 0 aliphatic heterocycles. The van der Waals surface area contributed by atoms with Crippen LogP contribution < -0.4 is 0 Å². The molecular weight excluding hydrogens is 244 g/mol. The van der Waals surface area contributed by atoms with Crippen LogP contribution in [0, 0.1) is 6.92 Å². The van der Waals surface area contributed by atoms with E-state index in [0.717, 1.165) is 11.1 Å². The molecule has 1 aromatic rings. The molecule has 0 saturated heterocycles. The minimum absolute atomic E-state index is 0.522. The molecule has 3 heteroatoms. The standard InChI is InChI=1S/C15H20O2S/c1-5-14(16)15(10-11(2)3)18(17)13-8-6-12(4)7-9-13/h6-10,14,16H,2,5H2,1,3-4H3/b15-10+/t14-,18+/m1/s1. The summed E-state index contributed by atoms with van der Waals surface area (Å²) in [5, 5.41) is 9.95. The highest BCUT2D eigenvalue weighted by molar-refractivity contribution is 7.89. The van der Waals surface area contributed by atoms with Crippen molar-refractivity contribution in [3.05, 3.63) is 53.0 Å². The first-order valence-corrected chi connectivity index (χ1v) is 7.14. The summed E-state index contributed by atoms with van der Waals surface area (Å²) < 4.78 is 12.4. The summed E-state index contributed by atoms with van der Waals surface area (Å²) in [6.07, 6.45) is 1.56. The summed E-state index contributed by atoms with van der Waals surface area (Å²) in [6, 6.07) is 7.51. The molecule has 1 N–H and O–H groups in total. The number of aryl methyl sites for hydroxylation is 1. The van der Waals surface area contributed by atoms with Crippen molar-refractivity contribution in [3.63, 3.8) is 0 Å². The van der Waals surface area contributed by atoms with Crippen LogP contribution in [-0.2, 0) is 10.8 Å². The maximum absolute atomic E-state index is 12.4. The Hall–Kier alpha value is -1.19. The lowest BCUT2D eigenvalue weighted by atomic mass is 10.2. The quantitative estimate of drug-likeness (QED) is 0.828. The van der Waals surface area contributed by atoms with Gasteiger partial charge in [0.1, 0.15) is 0 Å². The summed E-state index contributed by atoms with van der Waals surface area (Å²) in [5.74, 6) is 0. The SMILES string of the molecule is C=C(C)/C=C(\[C@H](O)CC)[S@@](=O)c1ccc(C)cc1. The number of aliphatic hydroxyl groups excluding tert-OH is 1. The van der Waals surface area contributed by atoms with Gasteiger partial charge in [-0.3, -0.25) is 0 Å². The highest BCUT2D eigenvalue weighted by Crippen LogP contribution is 2.21. The van der Waals surface area contributed by atoms with Crippen molar-refractivity contribution in [1.29, 1.82) is 0 Å². The Labute approximate surface area is 112 Å². The summed E-state index contributed by atoms with van der Waals surface area (Å²) in [7, 11) is -1.33. The van der Waals surface area contributed by atoms with Crippen LogP contribution in [0.3, 0.4) is 0 Å². The van der Waals surface area contributed by atoms with Crippen molar-refractivity contribution < 1.29 is 9.32 Å². The molecule has 0 unspecified atom stereocenters. The fraction of sp³-hybridized carbons (Fsp3) is 0.333. The van der Waals surface area contributed by atoms with Gasteiger partial charge in [-0.25, -0.2) is 4.21 Å². The van der Waals surface area contributed by atoms with E-state index in [2.05, 4.69) is 6.58 Å². The third-order valence-corrected chi connectivity index (χ3v) is 4.07. The minimum Gasteiger partial charge on any atom is -0.388 e. The van der Waals surface area contributed by atoms with Gasteiger partial charge in [-0.2, -0.15) is 0 Å². The van der Waals surface area contributed by atoms with Crippen LogP contribution in [-0.4, -0.2) is 15.4 Å². The third kappa shape index (κ3) is 3.93. The number of hydrogen-bond donors (Lipinski definition) is 1. The lowest BCUT2D eigenvalue weighted by Gasteiger charge is -2.13. The third-order valence-electron chi connectivity index (χ3n) is 2.55. The first kappa shape index (κ1) is 14.9. The van der Waals surface area contributed by atoms with Gasteiger partial charge in [0, 0.05) is 9.80 Å². The second kappa shape index (κ2) is 6.66. The zero-order valence-electron chi connectivity index (χ0n) is 11.1. The molecule has 18 heavy (non-hydrogen) atoms. The minimum atomic E-state index is -1.33. The topological polar surface area (TPSA) is 37.3 Å². The smallest absolute Gasteiger partial charge is 0.0874 e. The normalized spacial score (nSPS) is 15.2. The zero-order chi connectivity index (χ0) is 13.7. The van der Waals surface area contributed by atoms with Crippen LogP contribution in [0.5, 0.6) is 0 Å². The van der Waals surface area contributed by atoms with Gasteiger partial charge >= 0.3 is 0 Å². The monoisotopic (exact) mass is 264 g/mol. The Morgan fingerprint density at radius 2 is 2.00 bits per heavy atom. The van der Waals surface area contributed by atoms with Gasteiger partial charge in [-0.15, -0.1) is 0 Å². The number of rotatable bonds is 5. The lowest BCUT2D eigenvalue weighted by Crippen LogP contribution is -2.13. The van der Waals surface area contributed by atoms with Crippen molar-refractivity contribution >= 4 is 10.8 Å². The molecule has 0 radical (unpaired) electrons. The Morgan fingerprint density at radius 1 is 1.44 bits per heavy atom. The molecule has 0 aliphatic rings. The number of aliphatic hydroxyl groups is 1. The van der Waals surface area contributed by atoms with Gasteiger partial charge in [0.2, 0.25) is 0 Å². The Bertz CT molecular complexity index is 472. The van der Waals surface area contributed by atoms with E-state index in [1.54, 1.807) is 6.08 Å². The summed E-state index contributed by atoms with van der Waals surface area (Å²) in [5.41, 5.74) is 1.91. The first-order valence-electron chi connectivity index (χ1n) is 5.99. The molecule has 0 spiro atoms. The molecule has 0 bridgehead atoms. The van der Waals surface area contributed by atoms with Crippen molar-refractivity contribution in [1.82, 2.24) is 0 Å². The van der Waals surface area contributed by atoms with Gasteiger partial charge in [0.25, 0.3) is 0 Å². The summed E-state index contributed by atoms with van der Waals surface area (Å²) >= 11 is 0. The number of benzene rings is 1. The van der Waals surface area contributed by atoms with Gasteiger partial charge < -0.3 is 5.11 Å².